The first-order valence-corrected chi connectivity index (χ1v) is 13.1. The number of rotatable bonds is 7. The van der Waals surface area contributed by atoms with Crippen LogP contribution in [0.25, 0.3) is 0 Å². The van der Waals surface area contributed by atoms with Crippen LogP contribution < -0.4 is 16.0 Å². The first-order chi connectivity index (χ1) is 17.2. The molecule has 192 valence electrons. The molecule has 1 unspecified atom stereocenters. The molecule has 8 nitrogen and oxygen atoms in total. The van der Waals surface area contributed by atoms with E-state index in [0.29, 0.717) is 46.7 Å². The first-order valence-electron chi connectivity index (χ1n) is 12.7. The number of alkyl carbamates (subject to hydrolysis) is 1. The summed E-state index contributed by atoms with van der Waals surface area (Å²) in [4.78, 5) is 21.3. The molecule has 2 aromatic rings. The van der Waals surface area contributed by atoms with Gasteiger partial charge in [0.05, 0.1) is 6.20 Å². The van der Waals surface area contributed by atoms with E-state index in [1.54, 1.807) is 6.20 Å². The molecule has 0 aliphatic heterocycles. The minimum Gasteiger partial charge on any atom is -0.444 e. The van der Waals surface area contributed by atoms with Gasteiger partial charge in [-0.25, -0.2) is 9.78 Å². The number of nitrogens with zero attached hydrogens (tertiary/aromatic N) is 3. The van der Waals surface area contributed by atoms with E-state index in [4.69, 9.17) is 16.3 Å². The molecule has 2 saturated carbocycles. The van der Waals surface area contributed by atoms with Gasteiger partial charge in [-0.05, 0) is 75.8 Å². The fourth-order valence-electron chi connectivity index (χ4n) is 5.45. The minimum absolute atomic E-state index is 0.166. The van der Waals surface area contributed by atoms with Crippen LogP contribution in [0.4, 0.5) is 16.6 Å². The maximum Gasteiger partial charge on any atom is 0.407 e. The van der Waals surface area contributed by atoms with Crippen LogP contribution in [0.15, 0.2) is 30.5 Å². The van der Waals surface area contributed by atoms with Crippen molar-refractivity contribution in [2.45, 2.75) is 71.1 Å². The SMILES string of the molecule is CC(C)(C)OC(=O)N[C@@H]1[C@@H]2CCC[C@H]1CC(CNc1nc(NCc3ccccc3Cl)ncc1C#N)C2. The smallest absolute Gasteiger partial charge is 0.407 e. The Morgan fingerprint density at radius 2 is 1.92 bits per heavy atom. The standard InChI is InChI=1S/C27H35ClN6O2/c1-27(2,3)36-26(35)33-23-18-8-6-9-19(23)12-17(11-18)14-30-24-21(13-29)16-32-25(34-24)31-15-20-7-4-5-10-22(20)28/h4-5,7,10,16-19,23H,6,8-9,11-12,14-15H2,1-3H3,(H,33,35)(H2,30,31,32,34)/t17?,18-,19+,23-. The quantitative estimate of drug-likeness (QED) is 0.435. The van der Waals surface area contributed by atoms with Crippen molar-refractivity contribution in [3.8, 4) is 6.07 Å². The summed E-state index contributed by atoms with van der Waals surface area (Å²) >= 11 is 6.25. The van der Waals surface area contributed by atoms with Gasteiger partial charge >= 0.3 is 6.09 Å². The van der Waals surface area contributed by atoms with E-state index in [9.17, 15) is 10.1 Å². The van der Waals surface area contributed by atoms with E-state index < -0.39 is 5.60 Å². The molecule has 4 atom stereocenters. The van der Waals surface area contributed by atoms with E-state index in [0.717, 1.165) is 37.8 Å². The highest BCUT2D eigenvalue weighted by molar-refractivity contribution is 6.31. The highest BCUT2D eigenvalue weighted by atomic mass is 35.5. The second-order valence-corrected chi connectivity index (χ2v) is 11.3. The molecule has 1 amide bonds. The average molecular weight is 511 g/mol. The summed E-state index contributed by atoms with van der Waals surface area (Å²) in [7, 11) is 0. The van der Waals surface area contributed by atoms with Crippen molar-refractivity contribution in [2.75, 3.05) is 17.2 Å². The molecule has 9 heteroatoms. The van der Waals surface area contributed by atoms with Crippen LogP contribution in [-0.4, -0.2) is 34.2 Å². The van der Waals surface area contributed by atoms with Gasteiger partial charge in [0, 0.05) is 24.2 Å². The van der Waals surface area contributed by atoms with Crippen molar-refractivity contribution < 1.29 is 9.53 Å². The summed E-state index contributed by atoms with van der Waals surface area (Å²) in [6, 6.07) is 9.97. The molecule has 2 aliphatic carbocycles. The second-order valence-electron chi connectivity index (χ2n) is 10.9. The molecule has 0 spiro atoms. The average Bonchev–Trinajstić information content (AvgIpc) is 2.81. The summed E-state index contributed by atoms with van der Waals surface area (Å²) < 4.78 is 5.51. The lowest BCUT2D eigenvalue weighted by atomic mass is 9.64. The fourth-order valence-corrected chi connectivity index (χ4v) is 5.66. The largest absolute Gasteiger partial charge is 0.444 e. The molecule has 1 aromatic heterocycles. The Morgan fingerprint density at radius 1 is 1.19 bits per heavy atom. The molecule has 0 radical (unpaired) electrons. The van der Waals surface area contributed by atoms with Crippen LogP contribution in [0, 0.1) is 29.1 Å². The monoisotopic (exact) mass is 510 g/mol. The number of carbonyl (C=O) groups excluding carboxylic acids is 1. The van der Waals surface area contributed by atoms with Gasteiger partial charge in [0.15, 0.2) is 0 Å². The van der Waals surface area contributed by atoms with E-state index in [2.05, 4.69) is 32.0 Å². The summed E-state index contributed by atoms with van der Waals surface area (Å²) in [5, 5.41) is 20.0. The van der Waals surface area contributed by atoms with Crippen molar-refractivity contribution in [3.63, 3.8) is 0 Å². The maximum atomic E-state index is 12.4. The second kappa shape index (κ2) is 11.3. The van der Waals surface area contributed by atoms with E-state index in [-0.39, 0.29) is 12.1 Å². The summed E-state index contributed by atoms with van der Waals surface area (Å²) in [5.74, 6) is 2.29. The Balaban J connectivity index is 1.35. The zero-order valence-electron chi connectivity index (χ0n) is 21.2. The van der Waals surface area contributed by atoms with Gasteiger partial charge < -0.3 is 20.7 Å². The molecular formula is C27H35ClN6O2. The Kier molecular flexibility index (Phi) is 8.20. The number of halogens is 1. The predicted octanol–water partition coefficient (Wildman–Crippen LogP) is 5.75. The van der Waals surface area contributed by atoms with Gasteiger partial charge in [-0.1, -0.05) is 36.2 Å². The van der Waals surface area contributed by atoms with Crippen molar-refractivity contribution in [1.29, 1.82) is 5.26 Å². The highest BCUT2D eigenvalue weighted by Gasteiger charge is 2.41. The molecule has 2 bridgehead atoms. The molecule has 0 saturated heterocycles. The van der Waals surface area contributed by atoms with E-state index in [1.807, 2.05) is 45.0 Å². The predicted molar refractivity (Wildman–Crippen MR) is 141 cm³/mol. The molecule has 36 heavy (non-hydrogen) atoms. The van der Waals surface area contributed by atoms with Crippen LogP contribution in [0.1, 0.15) is 64.0 Å². The Labute approximate surface area is 218 Å². The number of benzene rings is 1. The molecule has 4 rings (SSSR count). The van der Waals surface area contributed by atoms with Crippen molar-refractivity contribution in [3.05, 3.63) is 46.6 Å². The van der Waals surface area contributed by atoms with Gasteiger partial charge in [0.1, 0.15) is 23.1 Å². The first kappa shape index (κ1) is 26.0. The summed E-state index contributed by atoms with van der Waals surface area (Å²) in [6.45, 7) is 6.87. The van der Waals surface area contributed by atoms with Gasteiger partial charge in [0.2, 0.25) is 5.95 Å². The number of nitriles is 1. The maximum absolute atomic E-state index is 12.4. The number of carbonyl (C=O) groups is 1. The fraction of sp³-hybridized carbons (Fsp3) is 0.556. The van der Waals surface area contributed by atoms with Crippen LogP contribution in [0.3, 0.4) is 0 Å². The molecule has 1 heterocycles. The number of hydrogen-bond acceptors (Lipinski definition) is 7. The van der Waals surface area contributed by atoms with Gasteiger partial charge in [-0.3, -0.25) is 0 Å². The topological polar surface area (TPSA) is 112 Å². The normalized spacial score (nSPS) is 23.3. The number of fused-ring (bicyclic) bond motifs is 2. The lowest BCUT2D eigenvalue weighted by Crippen LogP contribution is -2.52. The van der Waals surface area contributed by atoms with Crippen molar-refractivity contribution in [2.24, 2.45) is 17.8 Å². The Morgan fingerprint density at radius 3 is 2.58 bits per heavy atom. The zero-order chi connectivity index (χ0) is 25.7. The van der Waals surface area contributed by atoms with Gasteiger partial charge in [-0.2, -0.15) is 10.2 Å². The van der Waals surface area contributed by atoms with Crippen molar-refractivity contribution >= 4 is 29.5 Å². The van der Waals surface area contributed by atoms with Crippen LogP contribution in [0.2, 0.25) is 5.02 Å². The molecule has 2 fully saturated rings. The molecule has 3 N–H and O–H groups in total. The lowest BCUT2D eigenvalue weighted by molar-refractivity contribution is 0.0324. The van der Waals surface area contributed by atoms with Crippen LogP contribution in [0.5, 0.6) is 0 Å². The number of nitrogens with one attached hydrogen (secondary N) is 3. The number of ether oxygens (including phenoxy) is 1. The van der Waals surface area contributed by atoms with E-state index in [1.165, 1.54) is 6.42 Å². The summed E-state index contributed by atoms with van der Waals surface area (Å²) in [5.41, 5.74) is 0.862. The third-order valence-corrected chi connectivity index (χ3v) is 7.35. The molecular weight excluding hydrogens is 476 g/mol. The Hall–Kier alpha value is -3.05. The van der Waals surface area contributed by atoms with Gasteiger partial charge in [0.25, 0.3) is 0 Å². The number of anilines is 2. The zero-order valence-corrected chi connectivity index (χ0v) is 21.9. The molecule has 2 aliphatic rings. The number of amides is 1. The molecule has 1 aromatic carbocycles. The van der Waals surface area contributed by atoms with E-state index >= 15 is 0 Å². The summed E-state index contributed by atoms with van der Waals surface area (Å²) in [6.07, 6.45) is 6.69. The minimum atomic E-state index is -0.503. The lowest BCUT2D eigenvalue weighted by Gasteiger charge is -2.46. The van der Waals surface area contributed by atoms with Crippen LogP contribution >= 0.6 is 11.6 Å². The number of hydrogen-bond donors (Lipinski definition) is 3. The van der Waals surface area contributed by atoms with Gasteiger partial charge in [-0.15, -0.1) is 0 Å². The number of aromatic nitrogens is 2. The highest BCUT2D eigenvalue weighted by Crippen LogP contribution is 2.43. The third kappa shape index (κ3) is 6.79. The third-order valence-electron chi connectivity index (χ3n) is 6.98. The Bertz CT molecular complexity index is 1100. The van der Waals surface area contributed by atoms with Crippen molar-refractivity contribution in [1.82, 2.24) is 15.3 Å². The van der Waals surface area contributed by atoms with Crippen LogP contribution in [-0.2, 0) is 11.3 Å².